The number of hydrogen-bond donors (Lipinski definition) is 0. The molecule has 0 aromatic carbocycles. The van der Waals surface area contributed by atoms with Crippen LogP contribution in [-0.2, 0) is 0 Å². The Morgan fingerprint density at radius 1 is 1.15 bits per heavy atom. The number of hydrogen-bond acceptors (Lipinski definition) is 1. The van der Waals surface area contributed by atoms with Crippen molar-refractivity contribution >= 4 is 7.85 Å². The predicted molar refractivity (Wildman–Crippen MR) is 93.6 cm³/mol. The van der Waals surface area contributed by atoms with Crippen LogP contribution in [0.5, 0.6) is 0 Å². The van der Waals surface area contributed by atoms with Gasteiger partial charge in [-0.2, -0.15) is 0 Å². The molecule has 2 atom stereocenters. The molecule has 0 rings (SSSR count). The lowest BCUT2D eigenvalue weighted by Gasteiger charge is -2.29. The predicted octanol–water partition coefficient (Wildman–Crippen LogP) is 5.23. The van der Waals surface area contributed by atoms with E-state index in [0.717, 1.165) is 12.8 Å². The molecule has 0 amide bonds. The molecule has 0 aromatic rings. The van der Waals surface area contributed by atoms with Gasteiger partial charge in [-0.1, -0.05) is 57.5 Å². The van der Waals surface area contributed by atoms with Gasteiger partial charge in [-0.05, 0) is 58.7 Å². The van der Waals surface area contributed by atoms with Gasteiger partial charge < -0.3 is 4.90 Å². The van der Waals surface area contributed by atoms with E-state index in [4.69, 9.17) is 7.85 Å². The van der Waals surface area contributed by atoms with E-state index in [9.17, 15) is 0 Å². The minimum absolute atomic E-state index is 0.0475. The third-order valence-electron chi connectivity index (χ3n) is 4.67. The third-order valence-corrected chi connectivity index (χ3v) is 4.67. The molecular formula is C18H36BN. The largest absolute Gasteiger partial charge is 0.309 e. The van der Waals surface area contributed by atoms with Crippen LogP contribution in [0.1, 0.15) is 73.1 Å². The molecule has 2 unspecified atom stereocenters. The zero-order valence-corrected chi connectivity index (χ0v) is 15.1. The van der Waals surface area contributed by atoms with Crippen molar-refractivity contribution in [1.82, 2.24) is 4.90 Å². The fraction of sp³-hybridized carbons (Fsp3) is 0.889. The Bertz CT molecular complexity index is 294. The summed E-state index contributed by atoms with van der Waals surface area (Å²) in [6.45, 7) is 12.5. The zero-order valence-electron chi connectivity index (χ0n) is 15.1. The Kier molecular flexibility index (Phi) is 8.82. The first-order chi connectivity index (χ1) is 9.14. The molecular weight excluding hydrogens is 241 g/mol. The van der Waals surface area contributed by atoms with E-state index in [-0.39, 0.29) is 5.31 Å². The molecule has 0 fully saturated rings. The second-order valence-corrected chi connectivity index (χ2v) is 7.51. The van der Waals surface area contributed by atoms with Crippen LogP contribution in [0.4, 0.5) is 0 Å². The average Bonchev–Trinajstić information content (AvgIpc) is 2.35. The molecule has 0 saturated heterocycles. The number of nitrogens with zero attached hydrogens (tertiary/aromatic N) is 1. The first-order valence-corrected chi connectivity index (χ1v) is 8.23. The summed E-state index contributed by atoms with van der Waals surface area (Å²) >= 11 is 0. The first kappa shape index (κ1) is 19.8. The van der Waals surface area contributed by atoms with E-state index >= 15 is 0 Å². The lowest BCUT2D eigenvalue weighted by atomic mass is 9.65. The molecule has 0 aliphatic carbocycles. The zero-order chi connectivity index (χ0) is 15.8. The van der Waals surface area contributed by atoms with Crippen LogP contribution in [0, 0.1) is 5.41 Å². The van der Waals surface area contributed by atoms with Crippen LogP contribution in [0.2, 0.25) is 5.31 Å². The van der Waals surface area contributed by atoms with Gasteiger partial charge in [-0.15, -0.1) is 0 Å². The Labute approximate surface area is 129 Å². The maximum Gasteiger partial charge on any atom is 0.0746 e. The highest BCUT2D eigenvalue weighted by Gasteiger charge is 2.21. The van der Waals surface area contributed by atoms with Crippen molar-refractivity contribution in [2.24, 2.45) is 5.41 Å². The maximum absolute atomic E-state index is 6.26. The van der Waals surface area contributed by atoms with Gasteiger partial charge in [0.25, 0.3) is 0 Å². The van der Waals surface area contributed by atoms with Gasteiger partial charge in [-0.3, -0.25) is 0 Å². The quantitative estimate of drug-likeness (QED) is 0.390. The molecule has 0 aliphatic rings. The van der Waals surface area contributed by atoms with Gasteiger partial charge in [0, 0.05) is 0 Å². The molecule has 2 radical (unpaired) electrons. The summed E-state index contributed by atoms with van der Waals surface area (Å²) in [7, 11) is 10.6. The van der Waals surface area contributed by atoms with Gasteiger partial charge in [0.1, 0.15) is 0 Å². The second-order valence-electron chi connectivity index (χ2n) is 7.51. The van der Waals surface area contributed by atoms with E-state index < -0.39 is 0 Å². The minimum Gasteiger partial charge on any atom is -0.309 e. The van der Waals surface area contributed by atoms with Crippen LogP contribution in [0.15, 0.2) is 11.6 Å². The van der Waals surface area contributed by atoms with Crippen LogP contribution in [0.25, 0.3) is 0 Å². The Morgan fingerprint density at radius 2 is 1.75 bits per heavy atom. The molecule has 0 aliphatic heterocycles. The fourth-order valence-electron chi connectivity index (χ4n) is 2.50. The van der Waals surface area contributed by atoms with Crippen LogP contribution >= 0.6 is 0 Å². The normalized spacial score (nSPS) is 18.9. The Hall–Kier alpha value is -0.235. The molecule has 2 heteroatoms. The topological polar surface area (TPSA) is 3.24 Å². The van der Waals surface area contributed by atoms with E-state index in [2.05, 4.69) is 59.7 Å². The number of rotatable bonds is 10. The van der Waals surface area contributed by atoms with E-state index in [0.29, 0.717) is 5.41 Å². The van der Waals surface area contributed by atoms with Crippen molar-refractivity contribution in [3.63, 3.8) is 0 Å². The molecule has 20 heavy (non-hydrogen) atoms. The molecule has 0 aromatic heterocycles. The van der Waals surface area contributed by atoms with E-state index in [1.807, 2.05) is 0 Å². The Balaban J connectivity index is 4.40. The standard InChI is InChI=1S/C18H36BN/c1-8-17(4,12-10-14-20(6)7)13-11-16(3)15-18(5,19)9-2/h11H,8-10,12-15H2,1-7H3/b16-11+. The molecule has 0 N–H and O–H groups in total. The SMILES string of the molecule is [B]C(C)(CC)C/C(C)=C/CC(C)(CC)CCCN(C)C. The lowest BCUT2D eigenvalue weighted by molar-refractivity contribution is 0.260. The Morgan fingerprint density at radius 3 is 2.20 bits per heavy atom. The highest BCUT2D eigenvalue weighted by Crippen LogP contribution is 2.36. The molecule has 0 saturated carbocycles. The lowest BCUT2D eigenvalue weighted by Crippen LogP contribution is -2.19. The summed E-state index contributed by atoms with van der Waals surface area (Å²) in [4.78, 5) is 2.28. The van der Waals surface area contributed by atoms with Crippen LogP contribution in [0.3, 0.4) is 0 Å². The summed E-state index contributed by atoms with van der Waals surface area (Å²) in [5, 5.41) is -0.0475. The van der Waals surface area contributed by atoms with Crippen molar-refractivity contribution in [2.45, 2.75) is 78.5 Å². The van der Waals surface area contributed by atoms with Crippen molar-refractivity contribution < 1.29 is 0 Å². The third kappa shape index (κ3) is 8.84. The summed E-state index contributed by atoms with van der Waals surface area (Å²) < 4.78 is 0. The summed E-state index contributed by atoms with van der Waals surface area (Å²) in [6, 6.07) is 0. The van der Waals surface area contributed by atoms with Crippen molar-refractivity contribution in [2.75, 3.05) is 20.6 Å². The van der Waals surface area contributed by atoms with Crippen molar-refractivity contribution in [3.8, 4) is 0 Å². The minimum atomic E-state index is -0.0475. The van der Waals surface area contributed by atoms with E-state index in [1.165, 1.54) is 37.8 Å². The summed E-state index contributed by atoms with van der Waals surface area (Å²) in [5.74, 6) is 0. The molecule has 0 bridgehead atoms. The van der Waals surface area contributed by atoms with Crippen LogP contribution in [-0.4, -0.2) is 33.4 Å². The maximum atomic E-state index is 6.26. The van der Waals surface area contributed by atoms with Gasteiger partial charge >= 0.3 is 0 Å². The number of allylic oxidation sites excluding steroid dienone is 2. The van der Waals surface area contributed by atoms with Gasteiger partial charge in [0.2, 0.25) is 0 Å². The van der Waals surface area contributed by atoms with Crippen molar-refractivity contribution in [1.29, 1.82) is 0 Å². The van der Waals surface area contributed by atoms with Crippen molar-refractivity contribution in [3.05, 3.63) is 11.6 Å². The molecule has 0 heterocycles. The monoisotopic (exact) mass is 277 g/mol. The first-order valence-electron chi connectivity index (χ1n) is 8.23. The van der Waals surface area contributed by atoms with Crippen LogP contribution < -0.4 is 0 Å². The highest BCUT2D eigenvalue weighted by molar-refractivity contribution is 6.15. The van der Waals surface area contributed by atoms with Gasteiger partial charge in [0.05, 0.1) is 7.85 Å². The molecule has 0 spiro atoms. The highest BCUT2D eigenvalue weighted by atomic mass is 15.0. The van der Waals surface area contributed by atoms with Gasteiger partial charge in [-0.25, -0.2) is 0 Å². The second kappa shape index (κ2) is 8.92. The smallest absolute Gasteiger partial charge is 0.0746 e. The average molecular weight is 277 g/mol. The fourth-order valence-corrected chi connectivity index (χ4v) is 2.50. The van der Waals surface area contributed by atoms with E-state index in [1.54, 1.807) is 0 Å². The van der Waals surface area contributed by atoms with Gasteiger partial charge in [0.15, 0.2) is 0 Å². The summed E-state index contributed by atoms with van der Waals surface area (Å²) in [5.41, 5.74) is 1.89. The molecule has 1 nitrogen and oxygen atoms in total. The summed E-state index contributed by atoms with van der Waals surface area (Å²) in [6.07, 6.45) is 9.50. The molecule has 116 valence electrons.